The zero-order chi connectivity index (χ0) is 10.8. The van der Waals surface area contributed by atoms with E-state index in [0.717, 1.165) is 18.5 Å². The summed E-state index contributed by atoms with van der Waals surface area (Å²) >= 11 is 0. The van der Waals surface area contributed by atoms with Gasteiger partial charge in [0.2, 0.25) is 5.91 Å². The number of carbonyl (C=O) groups is 1. The third-order valence-corrected chi connectivity index (χ3v) is 2.87. The van der Waals surface area contributed by atoms with Crippen LogP contribution >= 0.6 is 0 Å². The van der Waals surface area contributed by atoms with Crippen molar-refractivity contribution >= 4 is 11.6 Å². The second kappa shape index (κ2) is 4.03. The Hall–Kier alpha value is -1.35. The zero-order valence-corrected chi connectivity index (χ0v) is 8.92. The molecule has 1 heterocycles. The molecular weight excluding hydrogens is 188 g/mol. The van der Waals surface area contributed by atoms with Gasteiger partial charge in [0.1, 0.15) is 0 Å². The third kappa shape index (κ3) is 2.02. The van der Waals surface area contributed by atoms with Crippen molar-refractivity contribution in [2.24, 2.45) is 11.7 Å². The normalized spacial score (nSPS) is 19.6. The van der Waals surface area contributed by atoms with E-state index in [2.05, 4.69) is 18.3 Å². The molecule has 0 aliphatic carbocycles. The molecule has 0 aromatic heterocycles. The molecule has 0 fully saturated rings. The summed E-state index contributed by atoms with van der Waals surface area (Å²) in [6.07, 6.45) is 1.58. The van der Waals surface area contributed by atoms with Crippen molar-refractivity contribution in [2.45, 2.75) is 19.8 Å². The van der Waals surface area contributed by atoms with E-state index in [1.165, 1.54) is 11.1 Å². The first-order valence-corrected chi connectivity index (χ1v) is 5.31. The van der Waals surface area contributed by atoms with Crippen LogP contribution < -0.4 is 11.1 Å². The first kappa shape index (κ1) is 10.2. The number of rotatable bonds is 2. The van der Waals surface area contributed by atoms with Crippen LogP contribution in [-0.4, -0.2) is 12.5 Å². The Morgan fingerprint density at radius 2 is 2.33 bits per heavy atom. The highest BCUT2D eigenvalue weighted by Gasteiger charge is 2.24. The average Bonchev–Trinajstić information content (AvgIpc) is 2.20. The molecular formula is C12H16N2O. The Kier molecular flexibility index (Phi) is 2.73. The van der Waals surface area contributed by atoms with Crippen molar-refractivity contribution in [3.63, 3.8) is 0 Å². The number of nitrogens with one attached hydrogen (secondary N) is 1. The Morgan fingerprint density at radius 1 is 1.53 bits per heavy atom. The standard InChI is InChI=1S/C12H16N2O/c1-8-2-3-11-10(6-8)7-9(4-5-13)12(15)14-11/h2-3,6,9H,4-5,7,13H2,1H3,(H,14,15). The molecule has 0 saturated heterocycles. The molecule has 1 aromatic carbocycles. The minimum absolute atomic E-state index is 0.0456. The second-order valence-electron chi connectivity index (χ2n) is 4.13. The largest absolute Gasteiger partial charge is 0.330 e. The lowest BCUT2D eigenvalue weighted by Gasteiger charge is -2.24. The van der Waals surface area contributed by atoms with Gasteiger partial charge in [0.05, 0.1) is 0 Å². The molecule has 3 N–H and O–H groups in total. The first-order valence-electron chi connectivity index (χ1n) is 5.31. The van der Waals surface area contributed by atoms with Crippen molar-refractivity contribution in [1.82, 2.24) is 0 Å². The first-order chi connectivity index (χ1) is 7.20. The molecule has 2 rings (SSSR count). The Bertz CT molecular complexity index is 387. The van der Waals surface area contributed by atoms with Gasteiger partial charge in [0.15, 0.2) is 0 Å². The van der Waals surface area contributed by atoms with Gasteiger partial charge in [0.25, 0.3) is 0 Å². The van der Waals surface area contributed by atoms with Crippen molar-refractivity contribution in [3.05, 3.63) is 29.3 Å². The average molecular weight is 204 g/mol. The smallest absolute Gasteiger partial charge is 0.227 e. The molecule has 0 bridgehead atoms. The Balaban J connectivity index is 2.26. The van der Waals surface area contributed by atoms with Gasteiger partial charge in [-0.05, 0) is 37.9 Å². The molecule has 0 radical (unpaired) electrons. The van der Waals surface area contributed by atoms with Crippen molar-refractivity contribution in [2.75, 3.05) is 11.9 Å². The second-order valence-corrected chi connectivity index (χ2v) is 4.13. The highest BCUT2D eigenvalue weighted by molar-refractivity contribution is 5.95. The van der Waals surface area contributed by atoms with Crippen LogP contribution in [0.2, 0.25) is 0 Å². The fourth-order valence-electron chi connectivity index (χ4n) is 2.04. The summed E-state index contributed by atoms with van der Waals surface area (Å²) in [4.78, 5) is 11.7. The van der Waals surface area contributed by atoms with E-state index in [1.54, 1.807) is 0 Å². The minimum Gasteiger partial charge on any atom is -0.330 e. The highest BCUT2D eigenvalue weighted by Crippen LogP contribution is 2.27. The van der Waals surface area contributed by atoms with Gasteiger partial charge >= 0.3 is 0 Å². The van der Waals surface area contributed by atoms with E-state index >= 15 is 0 Å². The van der Waals surface area contributed by atoms with E-state index < -0.39 is 0 Å². The van der Waals surface area contributed by atoms with Gasteiger partial charge in [-0.15, -0.1) is 0 Å². The number of anilines is 1. The number of hydrogen-bond acceptors (Lipinski definition) is 2. The maximum absolute atomic E-state index is 11.7. The van der Waals surface area contributed by atoms with Gasteiger partial charge in [-0.3, -0.25) is 4.79 Å². The lowest BCUT2D eigenvalue weighted by Crippen LogP contribution is -2.31. The maximum Gasteiger partial charge on any atom is 0.227 e. The third-order valence-electron chi connectivity index (χ3n) is 2.87. The summed E-state index contributed by atoms with van der Waals surface area (Å²) in [6, 6.07) is 6.13. The molecule has 80 valence electrons. The number of fused-ring (bicyclic) bond motifs is 1. The van der Waals surface area contributed by atoms with Crippen LogP contribution in [0.4, 0.5) is 5.69 Å². The maximum atomic E-state index is 11.7. The van der Waals surface area contributed by atoms with Crippen LogP contribution in [0.3, 0.4) is 0 Å². The molecule has 1 amide bonds. The number of hydrogen-bond donors (Lipinski definition) is 2. The van der Waals surface area contributed by atoms with Crippen LogP contribution in [0.15, 0.2) is 18.2 Å². The van der Waals surface area contributed by atoms with E-state index in [1.807, 2.05) is 12.1 Å². The lowest BCUT2D eigenvalue weighted by atomic mass is 9.90. The van der Waals surface area contributed by atoms with E-state index in [9.17, 15) is 4.79 Å². The van der Waals surface area contributed by atoms with Gasteiger partial charge in [-0.2, -0.15) is 0 Å². The highest BCUT2D eigenvalue weighted by atomic mass is 16.1. The van der Waals surface area contributed by atoms with E-state index in [0.29, 0.717) is 6.54 Å². The molecule has 1 unspecified atom stereocenters. The predicted octanol–water partition coefficient (Wildman–Crippen LogP) is 1.45. The zero-order valence-electron chi connectivity index (χ0n) is 8.92. The number of aryl methyl sites for hydroxylation is 1. The topological polar surface area (TPSA) is 55.1 Å². The summed E-state index contributed by atoms with van der Waals surface area (Å²) in [7, 11) is 0. The SMILES string of the molecule is Cc1ccc2c(c1)CC(CCN)C(=O)N2. The lowest BCUT2D eigenvalue weighted by molar-refractivity contribution is -0.120. The minimum atomic E-state index is 0.0456. The van der Waals surface area contributed by atoms with Crippen LogP contribution in [-0.2, 0) is 11.2 Å². The molecule has 15 heavy (non-hydrogen) atoms. The van der Waals surface area contributed by atoms with Gasteiger partial charge in [-0.1, -0.05) is 17.7 Å². The summed E-state index contributed by atoms with van der Waals surface area (Å²) in [5.41, 5.74) is 8.91. The molecule has 1 atom stereocenters. The number of nitrogens with two attached hydrogens (primary N) is 1. The monoisotopic (exact) mass is 204 g/mol. The van der Waals surface area contributed by atoms with E-state index in [4.69, 9.17) is 5.73 Å². The van der Waals surface area contributed by atoms with Crippen molar-refractivity contribution in [1.29, 1.82) is 0 Å². The molecule has 1 aliphatic heterocycles. The van der Waals surface area contributed by atoms with Gasteiger partial charge < -0.3 is 11.1 Å². The summed E-state index contributed by atoms with van der Waals surface area (Å²) in [5, 5.41) is 2.93. The quantitative estimate of drug-likeness (QED) is 0.766. The fourth-order valence-corrected chi connectivity index (χ4v) is 2.04. The van der Waals surface area contributed by atoms with Crippen LogP contribution in [0.1, 0.15) is 17.5 Å². The predicted molar refractivity (Wildman–Crippen MR) is 60.7 cm³/mol. The molecule has 0 saturated carbocycles. The molecule has 1 aromatic rings. The van der Waals surface area contributed by atoms with E-state index in [-0.39, 0.29) is 11.8 Å². The summed E-state index contributed by atoms with van der Waals surface area (Å²) in [5.74, 6) is 0.154. The van der Waals surface area contributed by atoms with Crippen molar-refractivity contribution < 1.29 is 4.79 Å². The molecule has 3 heteroatoms. The van der Waals surface area contributed by atoms with Crippen LogP contribution in [0.5, 0.6) is 0 Å². The number of benzene rings is 1. The fraction of sp³-hybridized carbons (Fsp3) is 0.417. The van der Waals surface area contributed by atoms with Crippen LogP contribution in [0.25, 0.3) is 0 Å². The Labute approximate surface area is 89.7 Å². The Morgan fingerprint density at radius 3 is 3.07 bits per heavy atom. The summed E-state index contributed by atoms with van der Waals surface area (Å²) in [6.45, 7) is 2.63. The van der Waals surface area contributed by atoms with Gasteiger partial charge in [0, 0.05) is 11.6 Å². The van der Waals surface area contributed by atoms with Crippen LogP contribution in [0, 0.1) is 12.8 Å². The molecule has 3 nitrogen and oxygen atoms in total. The molecule has 1 aliphatic rings. The number of carbonyl (C=O) groups excluding carboxylic acids is 1. The molecule has 0 spiro atoms. The number of amides is 1. The summed E-state index contributed by atoms with van der Waals surface area (Å²) < 4.78 is 0. The van der Waals surface area contributed by atoms with Gasteiger partial charge in [-0.25, -0.2) is 0 Å². The van der Waals surface area contributed by atoms with Crippen molar-refractivity contribution in [3.8, 4) is 0 Å².